The second-order valence-corrected chi connectivity index (χ2v) is 5.06. The maximum atomic E-state index is 12.6. The summed E-state index contributed by atoms with van der Waals surface area (Å²) in [6.07, 6.45) is 0.959. The second kappa shape index (κ2) is 9.60. The molecule has 1 amide bonds. The van der Waals surface area contributed by atoms with Crippen LogP contribution in [0, 0.1) is 0 Å². The molecule has 118 valence electrons. The van der Waals surface area contributed by atoms with Crippen molar-refractivity contribution in [1.29, 1.82) is 0 Å². The topological polar surface area (TPSA) is 61.8 Å². The highest BCUT2D eigenvalue weighted by molar-refractivity contribution is 6.31. The monoisotopic (exact) mass is 314 g/mol. The lowest BCUT2D eigenvalue weighted by atomic mass is 10.1. The van der Waals surface area contributed by atoms with E-state index >= 15 is 0 Å². The number of ether oxygens (including phenoxy) is 1. The van der Waals surface area contributed by atoms with Crippen molar-refractivity contribution in [2.75, 3.05) is 45.3 Å². The molecule has 2 N–H and O–H groups in total. The van der Waals surface area contributed by atoms with E-state index in [9.17, 15) is 4.79 Å². The smallest absolute Gasteiger partial charge is 0.256 e. The average Bonchev–Trinajstić information content (AvgIpc) is 2.49. The number of carbonyl (C=O) groups is 1. The zero-order valence-corrected chi connectivity index (χ0v) is 13.3. The third kappa shape index (κ3) is 5.53. The Labute approximate surface area is 130 Å². The molecular formula is C15H23ClN2O3. The van der Waals surface area contributed by atoms with Crippen LogP contribution in [-0.4, -0.2) is 55.9 Å². The van der Waals surface area contributed by atoms with Crippen molar-refractivity contribution in [3.63, 3.8) is 0 Å². The Hall–Kier alpha value is -1.30. The number of rotatable bonds is 9. The Morgan fingerprint density at radius 2 is 2.19 bits per heavy atom. The van der Waals surface area contributed by atoms with Gasteiger partial charge in [0.15, 0.2) is 0 Å². The SMILES string of the molecule is CCCNc1ccc(Cl)cc1C(=O)N(CCO)CCOC. The van der Waals surface area contributed by atoms with E-state index < -0.39 is 0 Å². The zero-order valence-electron chi connectivity index (χ0n) is 12.6. The first-order valence-corrected chi connectivity index (χ1v) is 7.44. The molecule has 6 heteroatoms. The van der Waals surface area contributed by atoms with E-state index in [0.717, 1.165) is 18.7 Å². The molecule has 5 nitrogen and oxygen atoms in total. The largest absolute Gasteiger partial charge is 0.395 e. The molecule has 0 saturated heterocycles. The molecule has 1 aromatic rings. The van der Waals surface area contributed by atoms with Crippen LogP contribution in [0.4, 0.5) is 5.69 Å². The summed E-state index contributed by atoms with van der Waals surface area (Å²) < 4.78 is 5.01. The Bertz CT molecular complexity index is 455. The predicted molar refractivity (Wildman–Crippen MR) is 85.1 cm³/mol. The molecule has 0 spiro atoms. The Morgan fingerprint density at radius 3 is 2.81 bits per heavy atom. The summed E-state index contributed by atoms with van der Waals surface area (Å²) in [6.45, 7) is 3.86. The normalized spacial score (nSPS) is 10.5. The first-order valence-electron chi connectivity index (χ1n) is 7.06. The second-order valence-electron chi connectivity index (χ2n) is 4.63. The maximum absolute atomic E-state index is 12.6. The standard InChI is InChI=1S/C15H23ClN2O3/c1-3-6-17-14-5-4-12(16)11-13(14)15(20)18(7-9-19)8-10-21-2/h4-5,11,17,19H,3,6-10H2,1-2H3. The summed E-state index contributed by atoms with van der Waals surface area (Å²) in [5.74, 6) is -0.165. The number of nitrogens with zero attached hydrogens (tertiary/aromatic N) is 1. The van der Waals surface area contributed by atoms with Crippen LogP contribution in [0.5, 0.6) is 0 Å². The zero-order chi connectivity index (χ0) is 15.7. The van der Waals surface area contributed by atoms with E-state index in [2.05, 4.69) is 12.2 Å². The molecule has 0 fully saturated rings. The number of hydrogen-bond donors (Lipinski definition) is 2. The fraction of sp³-hybridized carbons (Fsp3) is 0.533. The summed E-state index contributed by atoms with van der Waals surface area (Å²) in [5, 5.41) is 12.9. The average molecular weight is 315 g/mol. The van der Waals surface area contributed by atoms with Crippen molar-refractivity contribution in [1.82, 2.24) is 4.90 Å². The van der Waals surface area contributed by atoms with Crippen LogP contribution in [0.2, 0.25) is 5.02 Å². The van der Waals surface area contributed by atoms with Crippen molar-refractivity contribution in [3.8, 4) is 0 Å². The van der Waals surface area contributed by atoms with Gasteiger partial charge in [0.2, 0.25) is 0 Å². The van der Waals surface area contributed by atoms with Crippen LogP contribution < -0.4 is 5.32 Å². The molecule has 0 aromatic heterocycles. The molecule has 0 radical (unpaired) electrons. The summed E-state index contributed by atoms with van der Waals surface area (Å²) >= 11 is 6.01. The summed E-state index contributed by atoms with van der Waals surface area (Å²) in [7, 11) is 1.58. The number of anilines is 1. The van der Waals surface area contributed by atoms with Gasteiger partial charge in [-0.1, -0.05) is 18.5 Å². The van der Waals surface area contributed by atoms with Crippen molar-refractivity contribution in [2.24, 2.45) is 0 Å². The quantitative estimate of drug-likeness (QED) is 0.734. The van der Waals surface area contributed by atoms with Gasteiger partial charge in [-0.25, -0.2) is 0 Å². The van der Waals surface area contributed by atoms with Gasteiger partial charge >= 0.3 is 0 Å². The van der Waals surface area contributed by atoms with Crippen molar-refractivity contribution >= 4 is 23.2 Å². The lowest BCUT2D eigenvalue weighted by Crippen LogP contribution is -2.36. The number of halogens is 1. The first-order chi connectivity index (χ1) is 10.1. The van der Waals surface area contributed by atoms with Crippen molar-refractivity contribution in [2.45, 2.75) is 13.3 Å². The third-order valence-corrected chi connectivity index (χ3v) is 3.24. The molecule has 0 aliphatic rings. The van der Waals surface area contributed by atoms with Crippen LogP contribution in [-0.2, 0) is 4.74 Å². The number of aliphatic hydroxyl groups is 1. The molecule has 0 aliphatic heterocycles. The molecule has 1 rings (SSSR count). The number of methoxy groups -OCH3 is 1. The molecule has 0 atom stereocenters. The van der Waals surface area contributed by atoms with Gasteiger partial charge in [-0.05, 0) is 24.6 Å². The fourth-order valence-electron chi connectivity index (χ4n) is 1.91. The summed E-state index contributed by atoms with van der Waals surface area (Å²) in [6, 6.07) is 5.21. The van der Waals surface area contributed by atoms with Gasteiger partial charge in [0.1, 0.15) is 0 Å². The molecule has 1 aromatic carbocycles. The molecule has 0 unspecified atom stereocenters. The Kier molecular flexibility index (Phi) is 8.12. The number of amides is 1. The van der Waals surface area contributed by atoms with Crippen LogP contribution in [0.15, 0.2) is 18.2 Å². The molecule has 0 saturated carbocycles. The molecule has 0 bridgehead atoms. The Morgan fingerprint density at radius 1 is 1.43 bits per heavy atom. The number of carbonyl (C=O) groups excluding carboxylic acids is 1. The minimum atomic E-state index is -0.165. The summed E-state index contributed by atoms with van der Waals surface area (Å²) in [4.78, 5) is 14.2. The van der Waals surface area contributed by atoms with Gasteiger partial charge in [-0.3, -0.25) is 4.79 Å². The van der Waals surface area contributed by atoms with Gasteiger partial charge in [0.25, 0.3) is 5.91 Å². The van der Waals surface area contributed by atoms with Crippen LogP contribution in [0.25, 0.3) is 0 Å². The summed E-state index contributed by atoms with van der Waals surface area (Å²) in [5.41, 5.74) is 1.27. The molecular weight excluding hydrogens is 292 g/mol. The van der Waals surface area contributed by atoms with Gasteiger partial charge in [0.05, 0.1) is 18.8 Å². The van der Waals surface area contributed by atoms with Gasteiger partial charge in [-0.2, -0.15) is 0 Å². The highest BCUT2D eigenvalue weighted by atomic mass is 35.5. The van der Waals surface area contributed by atoms with Crippen LogP contribution in [0.1, 0.15) is 23.7 Å². The first kappa shape index (κ1) is 17.8. The van der Waals surface area contributed by atoms with E-state index in [1.807, 2.05) is 0 Å². The number of hydrogen-bond acceptors (Lipinski definition) is 4. The highest BCUT2D eigenvalue weighted by Crippen LogP contribution is 2.22. The van der Waals surface area contributed by atoms with E-state index in [1.165, 1.54) is 0 Å². The lowest BCUT2D eigenvalue weighted by Gasteiger charge is -2.23. The maximum Gasteiger partial charge on any atom is 0.256 e. The molecule has 0 aliphatic carbocycles. The fourth-order valence-corrected chi connectivity index (χ4v) is 2.09. The lowest BCUT2D eigenvalue weighted by molar-refractivity contribution is 0.0657. The van der Waals surface area contributed by atoms with Gasteiger partial charge in [-0.15, -0.1) is 0 Å². The number of aliphatic hydroxyl groups excluding tert-OH is 1. The van der Waals surface area contributed by atoms with E-state index in [-0.39, 0.29) is 19.1 Å². The number of benzene rings is 1. The van der Waals surface area contributed by atoms with Crippen molar-refractivity contribution < 1.29 is 14.6 Å². The molecule has 21 heavy (non-hydrogen) atoms. The van der Waals surface area contributed by atoms with Crippen LogP contribution >= 0.6 is 11.6 Å². The van der Waals surface area contributed by atoms with Gasteiger partial charge < -0.3 is 20.1 Å². The van der Waals surface area contributed by atoms with E-state index in [4.69, 9.17) is 21.4 Å². The van der Waals surface area contributed by atoms with E-state index in [1.54, 1.807) is 30.2 Å². The van der Waals surface area contributed by atoms with Gasteiger partial charge in [0, 0.05) is 37.5 Å². The predicted octanol–water partition coefficient (Wildman–Crippen LogP) is 2.24. The van der Waals surface area contributed by atoms with Crippen molar-refractivity contribution in [3.05, 3.63) is 28.8 Å². The molecule has 0 heterocycles. The number of nitrogens with one attached hydrogen (secondary N) is 1. The highest BCUT2D eigenvalue weighted by Gasteiger charge is 2.18. The third-order valence-electron chi connectivity index (χ3n) is 3.00. The Balaban J connectivity index is 2.98. The minimum absolute atomic E-state index is 0.0895. The van der Waals surface area contributed by atoms with E-state index in [0.29, 0.717) is 23.7 Å². The minimum Gasteiger partial charge on any atom is -0.395 e. The van der Waals surface area contributed by atoms with Crippen LogP contribution in [0.3, 0.4) is 0 Å².